The summed E-state index contributed by atoms with van der Waals surface area (Å²) >= 11 is 0. The highest BCUT2D eigenvalue weighted by atomic mass is 16.6. The molecule has 2 aromatic rings. The van der Waals surface area contributed by atoms with E-state index < -0.39 is 0 Å². The largest absolute Gasteiger partial charge is 0.259 e. The van der Waals surface area contributed by atoms with Crippen LogP contribution in [0.3, 0.4) is 0 Å². The molecule has 2 rings (SSSR count). The molecule has 0 aromatic heterocycles. The van der Waals surface area contributed by atoms with Crippen molar-refractivity contribution in [2.24, 2.45) is 0 Å². The molecular weight excluding hydrogens is 262 g/mol. The number of benzene rings is 2. The van der Waals surface area contributed by atoms with E-state index in [1.54, 1.807) is 6.08 Å². The monoisotopic (exact) mass is 281 g/mol. The molecule has 0 aliphatic rings. The van der Waals surface area contributed by atoms with Gasteiger partial charge in [0.25, 0.3) is 5.70 Å². The number of allylic oxidation sites excluding steroid dienone is 1. The van der Waals surface area contributed by atoms with Crippen LogP contribution < -0.4 is 0 Å². The minimum atomic E-state index is -0.290. The number of rotatable bonds is 4. The van der Waals surface area contributed by atoms with Crippen molar-refractivity contribution < 1.29 is 4.92 Å². The molecule has 0 atom stereocenters. The quantitative estimate of drug-likeness (QED) is 0.613. The van der Waals surface area contributed by atoms with Crippen molar-refractivity contribution in [2.45, 2.75) is 27.2 Å². The fourth-order valence-electron chi connectivity index (χ4n) is 2.29. The van der Waals surface area contributed by atoms with E-state index in [1.807, 2.05) is 57.2 Å². The molecule has 0 N–H and O–H groups in total. The average molecular weight is 281 g/mol. The van der Waals surface area contributed by atoms with E-state index in [1.165, 1.54) is 5.56 Å². The van der Waals surface area contributed by atoms with Gasteiger partial charge in [0, 0.05) is 6.08 Å². The summed E-state index contributed by atoms with van der Waals surface area (Å²) in [7, 11) is 0. The van der Waals surface area contributed by atoms with Crippen molar-refractivity contribution in [3.8, 4) is 0 Å². The zero-order valence-corrected chi connectivity index (χ0v) is 12.6. The van der Waals surface area contributed by atoms with Gasteiger partial charge in [-0.2, -0.15) is 0 Å². The summed E-state index contributed by atoms with van der Waals surface area (Å²) in [4.78, 5) is 11.0. The molecular formula is C18H19NO2. The number of nitro groups is 1. The van der Waals surface area contributed by atoms with E-state index in [0.717, 1.165) is 22.3 Å². The molecule has 3 nitrogen and oxygen atoms in total. The second kappa shape index (κ2) is 6.35. The van der Waals surface area contributed by atoms with Gasteiger partial charge in [0.1, 0.15) is 0 Å². The van der Waals surface area contributed by atoms with Gasteiger partial charge in [-0.1, -0.05) is 42.5 Å². The Kier molecular flexibility index (Phi) is 4.53. The molecule has 0 unspecified atom stereocenters. The molecule has 0 bridgehead atoms. The highest BCUT2D eigenvalue weighted by molar-refractivity contribution is 5.58. The molecule has 0 aliphatic carbocycles. The van der Waals surface area contributed by atoms with Crippen LogP contribution in [0, 0.1) is 30.9 Å². The smallest absolute Gasteiger partial charge is 0.251 e. The minimum Gasteiger partial charge on any atom is -0.259 e. The van der Waals surface area contributed by atoms with Gasteiger partial charge in [-0.05, 0) is 48.6 Å². The zero-order valence-electron chi connectivity index (χ0n) is 12.6. The van der Waals surface area contributed by atoms with Crippen LogP contribution in [0.5, 0.6) is 0 Å². The molecule has 21 heavy (non-hydrogen) atoms. The van der Waals surface area contributed by atoms with Crippen molar-refractivity contribution in [2.75, 3.05) is 0 Å². The fourth-order valence-corrected chi connectivity index (χ4v) is 2.29. The lowest BCUT2D eigenvalue weighted by Gasteiger charge is -2.07. The van der Waals surface area contributed by atoms with Gasteiger partial charge in [-0.3, -0.25) is 10.1 Å². The fraction of sp³-hybridized carbons (Fsp3) is 0.222. The predicted octanol–water partition coefficient (Wildman–Crippen LogP) is 4.47. The third-order valence-electron chi connectivity index (χ3n) is 3.67. The Balaban J connectivity index is 2.39. The first-order valence-corrected chi connectivity index (χ1v) is 6.94. The maximum Gasteiger partial charge on any atom is 0.251 e. The van der Waals surface area contributed by atoms with Crippen LogP contribution in [-0.4, -0.2) is 4.92 Å². The standard InChI is InChI=1S/C18H19NO2/c1-13-9-15(3)17(10-14(13)2)12-18(19(20)21)11-16-7-5-4-6-8-16/h4-10,12H,11H2,1-3H3. The molecule has 108 valence electrons. The summed E-state index contributed by atoms with van der Waals surface area (Å²) in [5, 5.41) is 11.3. The van der Waals surface area contributed by atoms with Crippen LogP contribution in [0.15, 0.2) is 48.2 Å². The minimum absolute atomic E-state index is 0.215. The summed E-state index contributed by atoms with van der Waals surface area (Å²) in [6.45, 7) is 6.06. The first-order valence-electron chi connectivity index (χ1n) is 6.94. The van der Waals surface area contributed by atoms with Gasteiger partial charge in [0.15, 0.2) is 0 Å². The Morgan fingerprint density at radius 3 is 2.29 bits per heavy atom. The average Bonchev–Trinajstić information content (AvgIpc) is 2.44. The van der Waals surface area contributed by atoms with Gasteiger partial charge in [0.2, 0.25) is 0 Å². The highest BCUT2D eigenvalue weighted by Crippen LogP contribution is 2.20. The summed E-state index contributed by atoms with van der Waals surface area (Å²) < 4.78 is 0. The molecule has 0 saturated heterocycles. The van der Waals surface area contributed by atoms with E-state index in [0.29, 0.717) is 6.42 Å². The Morgan fingerprint density at radius 2 is 1.67 bits per heavy atom. The van der Waals surface area contributed by atoms with Crippen molar-refractivity contribution in [1.29, 1.82) is 0 Å². The van der Waals surface area contributed by atoms with Gasteiger partial charge in [-0.15, -0.1) is 0 Å². The van der Waals surface area contributed by atoms with Crippen molar-refractivity contribution >= 4 is 6.08 Å². The maximum atomic E-state index is 11.3. The second-order valence-corrected chi connectivity index (χ2v) is 5.35. The van der Waals surface area contributed by atoms with E-state index in [-0.39, 0.29) is 10.6 Å². The summed E-state index contributed by atoms with van der Waals surface area (Å²) in [6, 6.07) is 13.6. The lowest BCUT2D eigenvalue weighted by Crippen LogP contribution is -2.03. The van der Waals surface area contributed by atoms with Gasteiger partial charge < -0.3 is 0 Å². The van der Waals surface area contributed by atoms with E-state index in [9.17, 15) is 10.1 Å². The Bertz CT molecular complexity index is 688. The molecule has 0 amide bonds. The van der Waals surface area contributed by atoms with Crippen LogP contribution >= 0.6 is 0 Å². The normalized spacial score (nSPS) is 11.5. The maximum absolute atomic E-state index is 11.3. The number of hydrogen-bond donors (Lipinski definition) is 0. The van der Waals surface area contributed by atoms with E-state index in [4.69, 9.17) is 0 Å². The second-order valence-electron chi connectivity index (χ2n) is 5.35. The summed E-state index contributed by atoms with van der Waals surface area (Å²) in [5.41, 5.74) is 5.49. The first-order chi connectivity index (χ1) is 9.97. The van der Waals surface area contributed by atoms with Gasteiger partial charge >= 0.3 is 0 Å². The molecule has 0 aliphatic heterocycles. The van der Waals surface area contributed by atoms with Crippen molar-refractivity contribution in [3.63, 3.8) is 0 Å². The molecule has 2 aromatic carbocycles. The lowest BCUT2D eigenvalue weighted by atomic mass is 9.99. The number of hydrogen-bond acceptors (Lipinski definition) is 2. The molecule has 0 heterocycles. The Hall–Kier alpha value is -2.42. The van der Waals surface area contributed by atoms with E-state index in [2.05, 4.69) is 6.07 Å². The molecule has 0 fully saturated rings. The third-order valence-corrected chi connectivity index (χ3v) is 3.67. The van der Waals surface area contributed by atoms with E-state index >= 15 is 0 Å². The lowest BCUT2D eigenvalue weighted by molar-refractivity contribution is -0.425. The van der Waals surface area contributed by atoms with Crippen molar-refractivity contribution in [3.05, 3.63) is 86.1 Å². The third kappa shape index (κ3) is 3.78. The van der Waals surface area contributed by atoms with Gasteiger partial charge in [-0.25, -0.2) is 0 Å². The van der Waals surface area contributed by atoms with Crippen LogP contribution in [0.25, 0.3) is 6.08 Å². The Morgan fingerprint density at radius 1 is 1.05 bits per heavy atom. The predicted molar refractivity (Wildman–Crippen MR) is 85.8 cm³/mol. The van der Waals surface area contributed by atoms with Crippen LogP contribution in [-0.2, 0) is 6.42 Å². The van der Waals surface area contributed by atoms with Crippen LogP contribution in [0.2, 0.25) is 0 Å². The number of nitrogens with zero attached hydrogens (tertiary/aromatic N) is 1. The number of aryl methyl sites for hydroxylation is 3. The van der Waals surface area contributed by atoms with Gasteiger partial charge in [0.05, 0.1) is 11.3 Å². The Labute approximate surface area is 125 Å². The molecule has 0 saturated carbocycles. The van der Waals surface area contributed by atoms with Crippen LogP contribution in [0.4, 0.5) is 0 Å². The van der Waals surface area contributed by atoms with Crippen LogP contribution in [0.1, 0.15) is 27.8 Å². The molecule has 0 radical (unpaired) electrons. The SMILES string of the molecule is Cc1cc(C)c(C=C(Cc2ccccc2)[N+](=O)[O-])cc1C. The zero-order chi connectivity index (χ0) is 15.4. The highest BCUT2D eigenvalue weighted by Gasteiger charge is 2.13. The summed E-state index contributed by atoms with van der Waals surface area (Å²) in [5.74, 6) is 0. The summed E-state index contributed by atoms with van der Waals surface area (Å²) in [6.07, 6.45) is 2.02. The first kappa shape index (κ1) is 15.0. The molecule has 3 heteroatoms. The molecule has 0 spiro atoms. The van der Waals surface area contributed by atoms with Crippen molar-refractivity contribution in [1.82, 2.24) is 0 Å². The topological polar surface area (TPSA) is 43.1 Å².